The van der Waals surface area contributed by atoms with E-state index in [0.29, 0.717) is 12.1 Å². The average Bonchev–Trinajstić information content (AvgIpc) is 3.55. The second-order valence-electron chi connectivity index (χ2n) is 9.68. The number of fused-ring (bicyclic) bond motifs is 1. The first kappa shape index (κ1) is 24.4. The first-order valence-electron chi connectivity index (χ1n) is 12.8. The Morgan fingerprint density at radius 3 is 2.61 bits per heavy atom. The first-order chi connectivity index (χ1) is 17.6. The van der Waals surface area contributed by atoms with Gasteiger partial charge in [-0.2, -0.15) is 0 Å². The largest absolute Gasteiger partial charge is 0.376 e. The van der Waals surface area contributed by atoms with Crippen LogP contribution in [0.5, 0.6) is 0 Å². The van der Waals surface area contributed by atoms with Crippen molar-refractivity contribution in [2.45, 2.75) is 69.7 Å². The lowest BCUT2D eigenvalue weighted by molar-refractivity contribution is -0.143. The summed E-state index contributed by atoms with van der Waals surface area (Å²) in [6.07, 6.45) is 6.49. The Bertz CT molecular complexity index is 1200. The minimum Gasteiger partial charge on any atom is -0.376 e. The van der Waals surface area contributed by atoms with E-state index in [1.807, 2.05) is 24.3 Å². The molecule has 8 nitrogen and oxygen atoms in total. The molecule has 2 heterocycles. The number of rotatable bonds is 8. The number of hydrogen-bond donors (Lipinski definition) is 1. The number of carbonyl (C=O) groups excluding carboxylic acids is 2. The Morgan fingerprint density at radius 1 is 1.06 bits per heavy atom. The van der Waals surface area contributed by atoms with Crippen molar-refractivity contribution in [1.82, 2.24) is 25.2 Å². The maximum Gasteiger partial charge on any atom is 0.247 e. The summed E-state index contributed by atoms with van der Waals surface area (Å²) in [5.74, 6) is -1.22. The van der Waals surface area contributed by atoms with Crippen LogP contribution in [0.4, 0.5) is 4.39 Å². The first-order valence-corrected chi connectivity index (χ1v) is 12.8. The molecule has 1 N–H and O–H groups in total. The fraction of sp³-hybridized carbons (Fsp3) is 0.481. The number of benzene rings is 2. The van der Waals surface area contributed by atoms with Crippen LogP contribution in [0.1, 0.15) is 56.6 Å². The lowest BCUT2D eigenvalue weighted by Gasteiger charge is -2.34. The zero-order valence-electron chi connectivity index (χ0n) is 20.3. The standard InChI is InChI=1S/C27H32FN5O3/c28-22-13-5-4-12-21(22)26(27(35)29-19-9-2-1-3-10-19)32(17-20-11-8-16-36-20)25(34)18-33-24-15-7-6-14-23(24)30-31-33/h4-7,12-15,19-20,26H,1-3,8-11,16-18H2,(H,29,35)/t20-,26-/m0/s1. The molecule has 190 valence electrons. The summed E-state index contributed by atoms with van der Waals surface area (Å²) in [4.78, 5) is 29.1. The van der Waals surface area contributed by atoms with Gasteiger partial charge in [0.1, 0.15) is 23.9 Å². The van der Waals surface area contributed by atoms with Gasteiger partial charge in [-0.15, -0.1) is 5.10 Å². The molecule has 1 aliphatic heterocycles. The molecule has 0 bridgehead atoms. The maximum absolute atomic E-state index is 15.1. The van der Waals surface area contributed by atoms with Crippen molar-refractivity contribution in [3.8, 4) is 0 Å². The highest BCUT2D eigenvalue weighted by Crippen LogP contribution is 2.28. The van der Waals surface area contributed by atoms with Crippen LogP contribution in [0.2, 0.25) is 0 Å². The molecule has 5 rings (SSSR count). The average molecular weight is 494 g/mol. The predicted molar refractivity (Wildman–Crippen MR) is 132 cm³/mol. The van der Waals surface area contributed by atoms with E-state index < -0.39 is 11.9 Å². The van der Waals surface area contributed by atoms with Crippen LogP contribution in [0.15, 0.2) is 48.5 Å². The summed E-state index contributed by atoms with van der Waals surface area (Å²) >= 11 is 0. The van der Waals surface area contributed by atoms with Gasteiger partial charge in [-0.25, -0.2) is 9.07 Å². The quantitative estimate of drug-likeness (QED) is 0.516. The number of ether oxygens (including phenoxy) is 1. The van der Waals surface area contributed by atoms with Crippen LogP contribution in [0.25, 0.3) is 11.0 Å². The van der Waals surface area contributed by atoms with Crippen LogP contribution in [0.3, 0.4) is 0 Å². The third-order valence-electron chi connectivity index (χ3n) is 7.16. The molecule has 9 heteroatoms. The molecule has 1 aromatic heterocycles. The summed E-state index contributed by atoms with van der Waals surface area (Å²) < 4.78 is 22.5. The fourth-order valence-corrected chi connectivity index (χ4v) is 5.29. The van der Waals surface area contributed by atoms with Crippen LogP contribution in [-0.2, 0) is 20.9 Å². The van der Waals surface area contributed by atoms with Gasteiger partial charge in [0.05, 0.1) is 11.6 Å². The Labute approximate surface area is 209 Å². The smallest absolute Gasteiger partial charge is 0.247 e. The zero-order chi connectivity index (χ0) is 24.9. The van der Waals surface area contributed by atoms with Gasteiger partial charge in [0, 0.05) is 24.8 Å². The van der Waals surface area contributed by atoms with Crippen LogP contribution in [-0.4, -0.2) is 57.0 Å². The fourth-order valence-electron chi connectivity index (χ4n) is 5.29. The topological polar surface area (TPSA) is 89.4 Å². The summed E-state index contributed by atoms with van der Waals surface area (Å²) in [5.41, 5.74) is 1.58. The van der Waals surface area contributed by atoms with Crippen molar-refractivity contribution < 1.29 is 18.7 Å². The lowest BCUT2D eigenvalue weighted by atomic mass is 9.94. The van der Waals surface area contributed by atoms with E-state index in [4.69, 9.17) is 4.74 Å². The third kappa shape index (κ3) is 5.41. The Hall–Kier alpha value is -3.33. The van der Waals surface area contributed by atoms with Gasteiger partial charge < -0.3 is 15.0 Å². The number of amides is 2. The van der Waals surface area contributed by atoms with Gasteiger partial charge in [-0.3, -0.25) is 9.59 Å². The summed E-state index contributed by atoms with van der Waals surface area (Å²) in [7, 11) is 0. The number of nitrogens with zero attached hydrogens (tertiary/aromatic N) is 4. The second kappa shape index (κ2) is 11.2. The summed E-state index contributed by atoms with van der Waals surface area (Å²) in [5, 5.41) is 11.4. The summed E-state index contributed by atoms with van der Waals surface area (Å²) in [6, 6.07) is 12.5. The number of aromatic nitrogens is 3. The van der Waals surface area contributed by atoms with Gasteiger partial charge in [0.15, 0.2) is 0 Å². The molecule has 0 radical (unpaired) electrons. The maximum atomic E-state index is 15.1. The predicted octanol–water partition coefficient (Wildman–Crippen LogP) is 3.77. The molecule has 36 heavy (non-hydrogen) atoms. The van der Waals surface area contributed by atoms with Crippen LogP contribution >= 0.6 is 0 Å². The van der Waals surface area contributed by atoms with E-state index in [1.54, 1.807) is 18.2 Å². The van der Waals surface area contributed by atoms with E-state index >= 15 is 4.39 Å². The number of carbonyl (C=O) groups is 2. The van der Waals surface area contributed by atoms with E-state index in [-0.39, 0.29) is 42.6 Å². The normalized spacial score (nSPS) is 19.3. The molecule has 0 spiro atoms. The van der Waals surface area contributed by atoms with E-state index in [1.165, 1.54) is 15.6 Å². The highest BCUT2D eigenvalue weighted by Gasteiger charge is 2.36. The van der Waals surface area contributed by atoms with Crippen molar-refractivity contribution in [2.75, 3.05) is 13.2 Å². The number of hydrogen-bond acceptors (Lipinski definition) is 5. The highest BCUT2D eigenvalue weighted by atomic mass is 19.1. The minimum absolute atomic E-state index is 0.0273. The van der Waals surface area contributed by atoms with Crippen molar-refractivity contribution in [2.24, 2.45) is 0 Å². The number of para-hydroxylation sites is 1. The Kier molecular flexibility index (Phi) is 7.55. The van der Waals surface area contributed by atoms with Gasteiger partial charge in [-0.1, -0.05) is 54.8 Å². The molecule has 0 unspecified atom stereocenters. The second-order valence-corrected chi connectivity index (χ2v) is 9.68. The van der Waals surface area contributed by atoms with Crippen LogP contribution in [0, 0.1) is 5.82 Å². The van der Waals surface area contributed by atoms with Gasteiger partial charge in [0.25, 0.3) is 0 Å². The van der Waals surface area contributed by atoms with Gasteiger partial charge in [0.2, 0.25) is 11.8 Å². The Balaban J connectivity index is 1.48. The number of halogens is 1. The summed E-state index contributed by atoms with van der Waals surface area (Å²) in [6.45, 7) is 0.691. The van der Waals surface area contributed by atoms with Gasteiger partial charge >= 0.3 is 0 Å². The highest BCUT2D eigenvalue weighted by molar-refractivity contribution is 5.89. The number of nitrogens with one attached hydrogen (secondary N) is 1. The van der Waals surface area contributed by atoms with Gasteiger partial charge in [-0.05, 0) is 43.9 Å². The monoisotopic (exact) mass is 493 g/mol. The molecule has 1 saturated carbocycles. The van der Waals surface area contributed by atoms with Crippen molar-refractivity contribution >= 4 is 22.8 Å². The molecule has 3 aromatic rings. The molecule has 2 fully saturated rings. The van der Waals surface area contributed by atoms with Crippen molar-refractivity contribution in [3.05, 3.63) is 59.9 Å². The lowest BCUT2D eigenvalue weighted by Crippen LogP contribution is -2.50. The van der Waals surface area contributed by atoms with Crippen molar-refractivity contribution in [1.29, 1.82) is 0 Å². The molecular weight excluding hydrogens is 461 g/mol. The molecule has 2 aliphatic rings. The molecule has 1 saturated heterocycles. The van der Waals surface area contributed by atoms with E-state index in [2.05, 4.69) is 15.6 Å². The molecule has 1 aliphatic carbocycles. The molecule has 2 atom stereocenters. The van der Waals surface area contributed by atoms with Crippen molar-refractivity contribution in [3.63, 3.8) is 0 Å². The molecule has 2 amide bonds. The third-order valence-corrected chi connectivity index (χ3v) is 7.16. The Morgan fingerprint density at radius 2 is 1.83 bits per heavy atom. The SMILES string of the molecule is O=C(NC1CCCCC1)[C@H](c1ccccc1F)N(C[C@@H]1CCCO1)C(=O)Cn1nnc2ccccc21. The molecular formula is C27H32FN5O3. The minimum atomic E-state index is -1.11. The zero-order valence-corrected chi connectivity index (χ0v) is 20.3. The molecule has 2 aromatic carbocycles. The van der Waals surface area contributed by atoms with E-state index in [9.17, 15) is 9.59 Å². The van der Waals surface area contributed by atoms with E-state index in [0.717, 1.165) is 50.5 Å². The van der Waals surface area contributed by atoms with Crippen LogP contribution < -0.4 is 5.32 Å².